The van der Waals surface area contributed by atoms with Crippen LogP contribution in [0, 0.1) is 5.92 Å². The number of hydrogen-bond acceptors (Lipinski definition) is 6. The molecule has 4 rings (SSSR count). The number of likely N-dealkylation sites (tertiary alicyclic amines) is 1. The van der Waals surface area contributed by atoms with Crippen molar-refractivity contribution < 1.29 is 14.6 Å². The minimum atomic E-state index is -0.379. The van der Waals surface area contributed by atoms with E-state index >= 15 is 0 Å². The average molecular weight is 429 g/mol. The van der Waals surface area contributed by atoms with Crippen LogP contribution in [0.2, 0.25) is 5.02 Å². The first-order chi connectivity index (χ1) is 14.6. The van der Waals surface area contributed by atoms with E-state index in [1.165, 1.54) is 0 Å². The van der Waals surface area contributed by atoms with Crippen LogP contribution in [0.1, 0.15) is 35.8 Å². The molecule has 0 radical (unpaired) electrons. The molecule has 1 atom stereocenters. The zero-order valence-electron chi connectivity index (χ0n) is 16.9. The second-order valence-corrected chi connectivity index (χ2v) is 7.99. The molecule has 0 amide bonds. The number of carbonyl (C=O) groups is 1. The number of carbonyl (C=O) groups excluding carboxylic acids is 1. The van der Waals surface area contributed by atoms with Crippen LogP contribution in [-0.4, -0.2) is 57.0 Å². The standard InChI is InChI=1S/C22H25ClN4O3/c1-2-30-22(29)18-11-25-27(21(18)13-26-9-3-4-15(12-26)14-28)20-7-8-24-19-10-16(23)5-6-17(19)20/h5-8,10-11,15,28H,2-4,9,12-14H2,1H3/t15-/m1/s1. The largest absolute Gasteiger partial charge is 0.462 e. The molecule has 1 saturated heterocycles. The van der Waals surface area contributed by atoms with Crippen molar-refractivity contribution in [3.8, 4) is 5.69 Å². The summed E-state index contributed by atoms with van der Waals surface area (Å²) in [6.45, 7) is 4.51. The maximum atomic E-state index is 12.6. The fourth-order valence-electron chi connectivity index (χ4n) is 4.06. The van der Waals surface area contributed by atoms with Gasteiger partial charge in [0, 0.05) is 36.3 Å². The fraction of sp³-hybridized carbons (Fsp3) is 0.409. The topological polar surface area (TPSA) is 80.5 Å². The normalized spacial score (nSPS) is 17.4. The van der Waals surface area contributed by atoms with Gasteiger partial charge >= 0.3 is 5.97 Å². The van der Waals surface area contributed by atoms with Crippen molar-refractivity contribution in [2.24, 2.45) is 5.92 Å². The molecule has 0 aliphatic carbocycles. The summed E-state index contributed by atoms with van der Waals surface area (Å²) in [5.74, 6) is -0.124. The molecule has 0 saturated carbocycles. The van der Waals surface area contributed by atoms with Crippen LogP contribution in [0.3, 0.4) is 0 Å². The second-order valence-electron chi connectivity index (χ2n) is 7.55. The van der Waals surface area contributed by atoms with Gasteiger partial charge in [0.15, 0.2) is 0 Å². The maximum Gasteiger partial charge on any atom is 0.341 e. The van der Waals surface area contributed by atoms with Crippen molar-refractivity contribution in [2.75, 3.05) is 26.3 Å². The van der Waals surface area contributed by atoms with Gasteiger partial charge < -0.3 is 9.84 Å². The molecule has 2 aromatic heterocycles. The third-order valence-electron chi connectivity index (χ3n) is 5.51. The first-order valence-corrected chi connectivity index (χ1v) is 10.6. The second kappa shape index (κ2) is 9.12. The number of nitrogens with zero attached hydrogens (tertiary/aromatic N) is 4. The summed E-state index contributed by atoms with van der Waals surface area (Å²) >= 11 is 6.13. The Balaban J connectivity index is 1.78. The Morgan fingerprint density at radius 2 is 2.23 bits per heavy atom. The van der Waals surface area contributed by atoms with Crippen LogP contribution in [-0.2, 0) is 11.3 Å². The molecule has 1 N–H and O–H groups in total. The molecule has 30 heavy (non-hydrogen) atoms. The molecule has 1 aliphatic heterocycles. The van der Waals surface area contributed by atoms with Gasteiger partial charge in [0.05, 0.1) is 29.7 Å². The van der Waals surface area contributed by atoms with E-state index in [-0.39, 0.29) is 18.5 Å². The first-order valence-electron chi connectivity index (χ1n) is 10.2. The summed E-state index contributed by atoms with van der Waals surface area (Å²) in [5.41, 5.74) is 2.83. The number of fused-ring (bicyclic) bond motifs is 1. The summed E-state index contributed by atoms with van der Waals surface area (Å²) in [7, 11) is 0. The summed E-state index contributed by atoms with van der Waals surface area (Å²) in [5, 5.41) is 15.6. The molecule has 0 spiro atoms. The Bertz CT molecular complexity index is 1050. The van der Waals surface area contributed by atoms with E-state index in [2.05, 4.69) is 15.0 Å². The van der Waals surface area contributed by atoms with Gasteiger partial charge in [-0.1, -0.05) is 11.6 Å². The molecular weight excluding hydrogens is 404 g/mol. The lowest BCUT2D eigenvalue weighted by Crippen LogP contribution is -2.37. The monoisotopic (exact) mass is 428 g/mol. The van der Waals surface area contributed by atoms with Crippen LogP contribution < -0.4 is 0 Å². The minimum Gasteiger partial charge on any atom is -0.462 e. The molecule has 3 aromatic rings. The molecular formula is C22H25ClN4O3. The molecule has 8 heteroatoms. The SMILES string of the molecule is CCOC(=O)c1cnn(-c2ccnc3cc(Cl)ccc23)c1CN1CCC[C@@H](CO)C1. The number of aliphatic hydroxyl groups excluding tert-OH is 1. The number of benzene rings is 1. The lowest BCUT2D eigenvalue weighted by atomic mass is 9.99. The quantitative estimate of drug-likeness (QED) is 0.605. The van der Waals surface area contributed by atoms with E-state index in [4.69, 9.17) is 16.3 Å². The van der Waals surface area contributed by atoms with E-state index < -0.39 is 0 Å². The Hall–Kier alpha value is -2.48. The van der Waals surface area contributed by atoms with Crippen LogP contribution >= 0.6 is 11.6 Å². The number of esters is 1. The lowest BCUT2D eigenvalue weighted by molar-refractivity contribution is 0.0522. The Morgan fingerprint density at radius 1 is 1.37 bits per heavy atom. The van der Waals surface area contributed by atoms with E-state index in [9.17, 15) is 9.90 Å². The lowest BCUT2D eigenvalue weighted by Gasteiger charge is -2.32. The number of aliphatic hydroxyl groups is 1. The summed E-state index contributed by atoms with van der Waals surface area (Å²) in [6.07, 6.45) is 5.33. The molecule has 158 valence electrons. The molecule has 1 fully saturated rings. The molecule has 0 bridgehead atoms. The number of ether oxygens (including phenoxy) is 1. The van der Waals surface area contributed by atoms with E-state index in [0.717, 1.165) is 48.2 Å². The van der Waals surface area contributed by atoms with Crippen molar-refractivity contribution in [1.82, 2.24) is 19.7 Å². The van der Waals surface area contributed by atoms with Crippen LogP contribution in [0.4, 0.5) is 0 Å². The number of hydrogen-bond donors (Lipinski definition) is 1. The highest BCUT2D eigenvalue weighted by Gasteiger charge is 2.25. The number of aromatic nitrogens is 3. The predicted molar refractivity (Wildman–Crippen MR) is 115 cm³/mol. The van der Waals surface area contributed by atoms with Crippen molar-refractivity contribution in [2.45, 2.75) is 26.3 Å². The molecule has 1 aromatic carbocycles. The highest BCUT2D eigenvalue weighted by molar-refractivity contribution is 6.31. The Morgan fingerprint density at radius 3 is 3.03 bits per heavy atom. The third kappa shape index (κ3) is 4.19. The fourth-order valence-corrected chi connectivity index (χ4v) is 4.23. The first kappa shape index (κ1) is 20.8. The zero-order chi connectivity index (χ0) is 21.1. The van der Waals surface area contributed by atoms with Gasteiger partial charge in [-0.25, -0.2) is 9.48 Å². The van der Waals surface area contributed by atoms with Crippen molar-refractivity contribution >= 4 is 28.5 Å². The van der Waals surface area contributed by atoms with E-state index in [0.29, 0.717) is 23.7 Å². The maximum absolute atomic E-state index is 12.6. The minimum absolute atomic E-state index is 0.177. The number of rotatable bonds is 6. The summed E-state index contributed by atoms with van der Waals surface area (Å²) in [6, 6.07) is 7.43. The van der Waals surface area contributed by atoms with Gasteiger partial charge in [0.25, 0.3) is 0 Å². The average Bonchev–Trinajstić information content (AvgIpc) is 3.16. The zero-order valence-corrected chi connectivity index (χ0v) is 17.7. The summed E-state index contributed by atoms with van der Waals surface area (Å²) < 4.78 is 7.07. The van der Waals surface area contributed by atoms with Gasteiger partial charge in [0.1, 0.15) is 5.56 Å². The third-order valence-corrected chi connectivity index (χ3v) is 5.74. The van der Waals surface area contributed by atoms with Crippen LogP contribution in [0.5, 0.6) is 0 Å². The smallest absolute Gasteiger partial charge is 0.341 e. The van der Waals surface area contributed by atoms with E-state index in [1.807, 2.05) is 24.3 Å². The Labute approximate surface area is 180 Å². The van der Waals surface area contributed by atoms with Crippen molar-refractivity contribution in [1.29, 1.82) is 0 Å². The van der Waals surface area contributed by atoms with Gasteiger partial charge in [0.2, 0.25) is 0 Å². The van der Waals surface area contributed by atoms with Crippen LogP contribution in [0.15, 0.2) is 36.7 Å². The highest BCUT2D eigenvalue weighted by Crippen LogP contribution is 2.27. The molecule has 0 unspecified atom stereocenters. The van der Waals surface area contributed by atoms with Crippen molar-refractivity contribution in [3.05, 3.63) is 52.9 Å². The van der Waals surface area contributed by atoms with Gasteiger partial charge in [-0.3, -0.25) is 9.88 Å². The van der Waals surface area contributed by atoms with Gasteiger partial charge in [-0.05, 0) is 56.5 Å². The van der Waals surface area contributed by atoms with Gasteiger partial charge in [-0.2, -0.15) is 5.10 Å². The number of pyridine rings is 1. The predicted octanol–water partition coefficient (Wildman–Crippen LogP) is 3.45. The summed E-state index contributed by atoms with van der Waals surface area (Å²) in [4.78, 5) is 19.3. The molecule has 3 heterocycles. The van der Waals surface area contributed by atoms with E-state index in [1.54, 1.807) is 24.0 Å². The molecule has 1 aliphatic rings. The highest BCUT2D eigenvalue weighted by atomic mass is 35.5. The number of halogens is 1. The van der Waals surface area contributed by atoms with Gasteiger partial charge in [-0.15, -0.1) is 0 Å². The van der Waals surface area contributed by atoms with Crippen LogP contribution in [0.25, 0.3) is 16.6 Å². The van der Waals surface area contributed by atoms with Crippen molar-refractivity contribution in [3.63, 3.8) is 0 Å². The molecule has 7 nitrogen and oxygen atoms in total. The Kier molecular flexibility index (Phi) is 6.32. The number of piperidine rings is 1.